The molecule has 1 fully saturated rings. The van der Waals surface area contributed by atoms with Gasteiger partial charge in [-0.15, -0.1) is 0 Å². The van der Waals surface area contributed by atoms with Crippen LogP contribution in [0, 0.1) is 0 Å². The fourth-order valence-electron chi connectivity index (χ4n) is 3.46. The smallest absolute Gasteiger partial charge is 0.270 e. The zero-order valence-electron chi connectivity index (χ0n) is 14.1. The minimum absolute atomic E-state index is 0.0637. The number of aromatic nitrogens is 1. The van der Waals surface area contributed by atoms with Crippen LogP contribution >= 0.6 is 11.8 Å². The summed E-state index contributed by atoms with van der Waals surface area (Å²) in [5.41, 5.74) is 2.65. The number of hydrogen-bond donors (Lipinski definition) is 1. The van der Waals surface area contributed by atoms with Crippen LogP contribution in [0.3, 0.4) is 0 Å². The van der Waals surface area contributed by atoms with E-state index in [4.69, 9.17) is 9.47 Å². The maximum atomic E-state index is 12.8. The van der Waals surface area contributed by atoms with E-state index in [2.05, 4.69) is 18.0 Å². The Morgan fingerprint density at radius 2 is 2.21 bits per heavy atom. The number of carbonyl (C=O) groups excluding carboxylic acids is 1. The summed E-state index contributed by atoms with van der Waals surface area (Å²) in [6.07, 6.45) is 1.03. The molecule has 1 atom stereocenters. The van der Waals surface area contributed by atoms with Gasteiger partial charge in [-0.1, -0.05) is 0 Å². The zero-order valence-corrected chi connectivity index (χ0v) is 14.9. The zero-order chi connectivity index (χ0) is 16.7. The summed E-state index contributed by atoms with van der Waals surface area (Å²) in [4.78, 5) is 18.0. The van der Waals surface area contributed by atoms with E-state index in [1.165, 1.54) is 0 Å². The second-order valence-corrected chi connectivity index (χ2v) is 7.53. The van der Waals surface area contributed by atoms with Crippen LogP contribution in [0.15, 0.2) is 12.1 Å². The Kier molecular flexibility index (Phi) is 4.08. The fourth-order valence-corrected chi connectivity index (χ4v) is 4.36. The summed E-state index contributed by atoms with van der Waals surface area (Å²) in [7, 11) is 0. The molecule has 2 aliphatic heterocycles. The van der Waals surface area contributed by atoms with E-state index in [-0.39, 0.29) is 12.0 Å². The Morgan fingerprint density at radius 1 is 1.42 bits per heavy atom. The molecule has 3 heterocycles. The van der Waals surface area contributed by atoms with Gasteiger partial charge in [-0.05, 0) is 26.0 Å². The van der Waals surface area contributed by atoms with Gasteiger partial charge in [-0.25, -0.2) is 0 Å². The van der Waals surface area contributed by atoms with Crippen molar-refractivity contribution in [2.75, 3.05) is 31.2 Å². The minimum atomic E-state index is 0.0637. The number of aromatic amines is 1. The van der Waals surface area contributed by atoms with Crippen molar-refractivity contribution >= 4 is 28.6 Å². The Hall–Kier alpha value is -1.82. The summed E-state index contributed by atoms with van der Waals surface area (Å²) < 4.78 is 11.8. The van der Waals surface area contributed by atoms with Gasteiger partial charge in [0, 0.05) is 42.0 Å². The third-order valence-corrected chi connectivity index (χ3v) is 5.50. The predicted molar refractivity (Wildman–Crippen MR) is 96.5 cm³/mol. The van der Waals surface area contributed by atoms with Crippen molar-refractivity contribution in [3.63, 3.8) is 0 Å². The number of hydrogen-bond acceptors (Lipinski definition) is 4. The highest BCUT2D eigenvalue weighted by Gasteiger charge is 2.27. The van der Waals surface area contributed by atoms with Crippen LogP contribution < -0.4 is 9.47 Å². The van der Waals surface area contributed by atoms with Crippen molar-refractivity contribution in [2.45, 2.75) is 26.4 Å². The first-order valence-electron chi connectivity index (χ1n) is 8.52. The predicted octanol–water partition coefficient (Wildman–Crippen LogP) is 3.08. The third-order valence-electron chi connectivity index (χ3n) is 4.56. The van der Waals surface area contributed by atoms with Gasteiger partial charge in [0.15, 0.2) is 0 Å². The molecule has 1 aromatic heterocycles. The van der Waals surface area contributed by atoms with Gasteiger partial charge >= 0.3 is 0 Å². The van der Waals surface area contributed by atoms with Crippen molar-refractivity contribution in [1.82, 2.24) is 9.88 Å². The number of thioether (sulfide) groups is 1. The van der Waals surface area contributed by atoms with E-state index < -0.39 is 0 Å². The second kappa shape index (κ2) is 6.24. The average Bonchev–Trinajstić information content (AvgIpc) is 3.18. The highest BCUT2D eigenvalue weighted by atomic mass is 32.2. The molecule has 4 rings (SSSR count). The first-order valence-corrected chi connectivity index (χ1v) is 9.68. The van der Waals surface area contributed by atoms with Crippen LogP contribution in [0.5, 0.6) is 11.5 Å². The molecule has 1 amide bonds. The Morgan fingerprint density at radius 3 is 2.96 bits per heavy atom. The van der Waals surface area contributed by atoms with Gasteiger partial charge in [-0.2, -0.15) is 11.8 Å². The molecule has 128 valence electrons. The average molecular weight is 346 g/mol. The van der Waals surface area contributed by atoms with Crippen molar-refractivity contribution < 1.29 is 14.3 Å². The maximum absolute atomic E-state index is 12.8. The summed E-state index contributed by atoms with van der Waals surface area (Å²) in [5.74, 6) is 3.77. The van der Waals surface area contributed by atoms with Gasteiger partial charge in [0.05, 0.1) is 12.1 Å². The van der Waals surface area contributed by atoms with Gasteiger partial charge in [0.2, 0.25) is 0 Å². The number of carbonyl (C=O) groups is 1. The largest absolute Gasteiger partial charge is 0.493 e. The molecule has 1 aromatic carbocycles. The number of ether oxygens (including phenoxy) is 2. The van der Waals surface area contributed by atoms with Crippen molar-refractivity contribution in [3.8, 4) is 11.5 Å². The maximum Gasteiger partial charge on any atom is 0.270 e. The molecule has 0 radical (unpaired) electrons. The van der Waals surface area contributed by atoms with Gasteiger partial charge in [0.25, 0.3) is 5.91 Å². The molecule has 1 saturated heterocycles. The number of rotatable bonds is 3. The van der Waals surface area contributed by atoms with E-state index in [9.17, 15) is 4.79 Å². The quantitative estimate of drug-likeness (QED) is 0.928. The van der Waals surface area contributed by atoms with Crippen LogP contribution in [0.2, 0.25) is 0 Å². The number of H-pyrrole nitrogens is 1. The van der Waals surface area contributed by atoms with E-state index in [1.807, 2.05) is 29.7 Å². The lowest BCUT2D eigenvalue weighted by Crippen LogP contribution is -2.38. The lowest BCUT2D eigenvalue weighted by molar-refractivity contribution is 0.0767. The molecule has 0 bridgehead atoms. The van der Waals surface area contributed by atoms with Crippen molar-refractivity contribution in [1.29, 1.82) is 0 Å². The number of nitrogens with one attached hydrogen (secondary N) is 1. The number of amides is 1. The highest BCUT2D eigenvalue weighted by molar-refractivity contribution is 7.99. The second-order valence-electron chi connectivity index (χ2n) is 6.30. The molecule has 0 aliphatic carbocycles. The lowest BCUT2D eigenvalue weighted by atomic mass is 10.1. The number of benzene rings is 1. The number of nitrogens with zero attached hydrogens (tertiary/aromatic N) is 1. The third kappa shape index (κ3) is 2.62. The molecule has 0 unspecified atom stereocenters. The molecule has 0 saturated carbocycles. The molecule has 2 aliphatic rings. The van der Waals surface area contributed by atoms with Crippen LogP contribution in [-0.4, -0.2) is 53.1 Å². The van der Waals surface area contributed by atoms with Crippen molar-refractivity contribution in [2.24, 2.45) is 0 Å². The molecular formula is C18H22N2O3S. The standard InChI is InChI=1S/C18H22N2O3S/c1-3-22-15-9-12-8-11(2)23-17(12)16-13(15)10-14(19-16)18(21)20-4-6-24-7-5-20/h9-11,19H,3-8H2,1-2H3/t11-/m1/s1. The normalized spacial score (nSPS) is 20.1. The molecule has 1 N–H and O–H groups in total. The van der Waals surface area contributed by atoms with Crippen LogP contribution in [0.4, 0.5) is 0 Å². The van der Waals surface area contributed by atoms with Crippen molar-refractivity contribution in [3.05, 3.63) is 23.4 Å². The fraction of sp³-hybridized carbons (Fsp3) is 0.500. The Bertz CT molecular complexity index is 780. The molecule has 24 heavy (non-hydrogen) atoms. The van der Waals surface area contributed by atoms with Crippen LogP contribution in [0.1, 0.15) is 29.9 Å². The topological polar surface area (TPSA) is 54.6 Å². The first-order chi connectivity index (χ1) is 11.7. The van der Waals surface area contributed by atoms with E-state index in [0.29, 0.717) is 12.3 Å². The Labute approximate surface area is 145 Å². The summed E-state index contributed by atoms with van der Waals surface area (Å²) >= 11 is 1.90. The van der Waals surface area contributed by atoms with E-state index in [1.54, 1.807) is 0 Å². The summed E-state index contributed by atoms with van der Waals surface area (Å²) in [6, 6.07) is 3.97. The minimum Gasteiger partial charge on any atom is -0.493 e. The molecule has 6 heteroatoms. The Balaban J connectivity index is 1.77. The highest BCUT2D eigenvalue weighted by Crippen LogP contribution is 2.41. The van der Waals surface area contributed by atoms with Gasteiger partial charge in [0.1, 0.15) is 23.3 Å². The van der Waals surface area contributed by atoms with Gasteiger partial charge < -0.3 is 19.4 Å². The van der Waals surface area contributed by atoms with Crippen LogP contribution in [-0.2, 0) is 6.42 Å². The monoisotopic (exact) mass is 346 g/mol. The van der Waals surface area contributed by atoms with E-state index in [0.717, 1.165) is 59.0 Å². The van der Waals surface area contributed by atoms with Crippen LogP contribution in [0.25, 0.3) is 10.9 Å². The summed E-state index contributed by atoms with van der Waals surface area (Å²) in [5, 5.41) is 0.930. The van der Waals surface area contributed by atoms with Gasteiger partial charge in [-0.3, -0.25) is 4.79 Å². The number of fused-ring (bicyclic) bond motifs is 3. The molecule has 5 nitrogen and oxygen atoms in total. The molecule has 0 spiro atoms. The molecule has 2 aromatic rings. The first kappa shape index (κ1) is 15.7. The van der Waals surface area contributed by atoms with E-state index >= 15 is 0 Å². The SMILES string of the molecule is CCOc1cc2c(c3[nH]c(C(=O)N4CCSCC4)cc13)O[C@H](C)C2. The lowest BCUT2D eigenvalue weighted by Gasteiger charge is -2.25. The summed E-state index contributed by atoms with van der Waals surface area (Å²) in [6.45, 7) is 6.25. The molecular weight excluding hydrogens is 324 g/mol.